The van der Waals surface area contributed by atoms with Gasteiger partial charge in [-0.15, -0.1) is 0 Å². The van der Waals surface area contributed by atoms with Crippen molar-refractivity contribution < 1.29 is 17.9 Å². The third kappa shape index (κ3) is 9.98. The molecule has 1 N–H and O–H groups in total. The number of thioether (sulfide) groups is 1. The van der Waals surface area contributed by atoms with Gasteiger partial charge in [-0.2, -0.15) is 13.2 Å². The molecule has 0 saturated heterocycles. The molecule has 0 aromatic carbocycles. The minimum Gasteiger partial charge on any atom is -0.376 e. The summed E-state index contributed by atoms with van der Waals surface area (Å²) in [5, 5.41) is 2.87. The smallest absolute Gasteiger partial charge is 0.376 e. The molecule has 0 bridgehead atoms. The van der Waals surface area contributed by atoms with Crippen molar-refractivity contribution in [2.24, 2.45) is 0 Å². The van der Waals surface area contributed by atoms with E-state index in [-0.39, 0.29) is 30.2 Å². The van der Waals surface area contributed by atoms with Crippen LogP contribution in [0.4, 0.5) is 13.2 Å². The highest BCUT2D eigenvalue weighted by atomic mass is 32.2. The second-order valence-electron chi connectivity index (χ2n) is 2.53. The fourth-order valence-electron chi connectivity index (χ4n) is 0.753. The zero-order valence-corrected chi connectivity index (χ0v) is 8.47. The number of hydrogen-bond acceptors (Lipinski definition) is 3. The van der Waals surface area contributed by atoms with E-state index in [0.717, 1.165) is 0 Å². The van der Waals surface area contributed by atoms with Gasteiger partial charge in [0.25, 0.3) is 0 Å². The highest BCUT2D eigenvalue weighted by Crippen LogP contribution is 2.29. The Morgan fingerprint density at radius 2 is 2.08 bits per heavy atom. The molecule has 0 aliphatic carbocycles. The van der Waals surface area contributed by atoms with Gasteiger partial charge in [0.1, 0.15) is 0 Å². The van der Waals surface area contributed by atoms with Gasteiger partial charge < -0.3 is 10.1 Å². The van der Waals surface area contributed by atoms with Crippen LogP contribution in [0.1, 0.15) is 6.92 Å². The molecule has 1 unspecified atom stereocenters. The standard InChI is InChI=1S/C7H14F3NOS/c1-6(5-11-2)12-3-4-13-7(8,9)10/h6,11H,3-5H2,1-2H3. The lowest BCUT2D eigenvalue weighted by Crippen LogP contribution is -2.24. The number of likely N-dealkylation sites (N-methyl/N-ethyl adjacent to an activating group) is 1. The summed E-state index contributed by atoms with van der Waals surface area (Å²) in [5.74, 6) is -0.0441. The van der Waals surface area contributed by atoms with Crippen LogP contribution in [-0.2, 0) is 4.74 Å². The van der Waals surface area contributed by atoms with Crippen molar-refractivity contribution in [3.63, 3.8) is 0 Å². The molecule has 2 nitrogen and oxygen atoms in total. The van der Waals surface area contributed by atoms with Crippen LogP contribution in [0.25, 0.3) is 0 Å². The SMILES string of the molecule is CNCC(C)OCCSC(F)(F)F. The van der Waals surface area contributed by atoms with Crippen molar-refractivity contribution in [1.29, 1.82) is 0 Å². The number of hydrogen-bond donors (Lipinski definition) is 1. The van der Waals surface area contributed by atoms with E-state index in [1.165, 1.54) is 0 Å². The Morgan fingerprint density at radius 3 is 2.54 bits per heavy atom. The Kier molecular flexibility index (Phi) is 6.53. The second kappa shape index (κ2) is 6.50. The zero-order chi connectivity index (χ0) is 10.3. The van der Waals surface area contributed by atoms with Crippen LogP contribution in [0.3, 0.4) is 0 Å². The quantitative estimate of drug-likeness (QED) is 0.686. The van der Waals surface area contributed by atoms with Gasteiger partial charge in [0, 0.05) is 12.3 Å². The number of ether oxygens (including phenoxy) is 1. The molecular formula is C7H14F3NOS. The lowest BCUT2D eigenvalue weighted by atomic mass is 10.4. The van der Waals surface area contributed by atoms with Gasteiger partial charge in [0.2, 0.25) is 0 Å². The highest BCUT2D eigenvalue weighted by Gasteiger charge is 2.27. The van der Waals surface area contributed by atoms with Crippen LogP contribution < -0.4 is 5.32 Å². The van der Waals surface area contributed by atoms with Crippen molar-refractivity contribution in [3.05, 3.63) is 0 Å². The van der Waals surface area contributed by atoms with Gasteiger partial charge in [0.15, 0.2) is 0 Å². The Bertz CT molecular complexity index is 131. The Balaban J connectivity index is 3.25. The lowest BCUT2D eigenvalue weighted by molar-refractivity contribution is -0.0334. The summed E-state index contributed by atoms with van der Waals surface area (Å²) in [4.78, 5) is 0. The largest absolute Gasteiger partial charge is 0.441 e. The third-order valence-corrected chi connectivity index (χ3v) is 1.94. The van der Waals surface area contributed by atoms with Gasteiger partial charge in [-0.05, 0) is 25.7 Å². The molecule has 6 heteroatoms. The third-order valence-electron chi connectivity index (χ3n) is 1.24. The molecule has 13 heavy (non-hydrogen) atoms. The number of alkyl halides is 3. The molecule has 0 aromatic rings. The van der Waals surface area contributed by atoms with E-state index in [0.29, 0.717) is 6.54 Å². The molecular weight excluding hydrogens is 203 g/mol. The normalized spacial score (nSPS) is 14.5. The summed E-state index contributed by atoms with van der Waals surface area (Å²) in [6.07, 6.45) is -0.0427. The van der Waals surface area contributed by atoms with Gasteiger partial charge in [-0.1, -0.05) is 0 Å². The van der Waals surface area contributed by atoms with Crippen LogP contribution in [0.15, 0.2) is 0 Å². The molecule has 1 atom stereocenters. The van der Waals surface area contributed by atoms with Crippen LogP contribution in [0, 0.1) is 0 Å². The van der Waals surface area contributed by atoms with Gasteiger partial charge in [-0.3, -0.25) is 0 Å². The topological polar surface area (TPSA) is 21.3 Å². The van der Waals surface area contributed by atoms with Crippen molar-refractivity contribution >= 4 is 11.8 Å². The van der Waals surface area contributed by atoms with Crippen LogP contribution in [0.2, 0.25) is 0 Å². The van der Waals surface area contributed by atoms with Crippen LogP contribution >= 0.6 is 11.8 Å². The van der Waals surface area contributed by atoms with E-state index in [9.17, 15) is 13.2 Å². The minimum absolute atomic E-state index is 0.0427. The predicted octanol–water partition coefficient (Wildman–Crippen LogP) is 1.86. The molecule has 0 heterocycles. The summed E-state index contributed by atoms with van der Waals surface area (Å²) in [6.45, 7) is 2.60. The number of rotatable bonds is 6. The first-order valence-electron chi connectivity index (χ1n) is 3.92. The highest BCUT2D eigenvalue weighted by molar-refractivity contribution is 8.00. The summed E-state index contributed by atoms with van der Waals surface area (Å²) in [6, 6.07) is 0. The predicted molar refractivity (Wildman–Crippen MR) is 47.9 cm³/mol. The second-order valence-corrected chi connectivity index (χ2v) is 3.69. The molecule has 0 rings (SSSR count). The van der Waals surface area contributed by atoms with Gasteiger partial charge in [0.05, 0.1) is 12.7 Å². The monoisotopic (exact) mass is 217 g/mol. The van der Waals surface area contributed by atoms with Gasteiger partial charge >= 0.3 is 5.51 Å². The fraction of sp³-hybridized carbons (Fsp3) is 1.00. The maximum absolute atomic E-state index is 11.6. The summed E-state index contributed by atoms with van der Waals surface area (Å²) < 4.78 is 40.0. The van der Waals surface area contributed by atoms with Crippen LogP contribution in [0.5, 0.6) is 0 Å². The molecule has 0 aliphatic rings. The number of nitrogens with one attached hydrogen (secondary N) is 1. The molecule has 0 aromatic heterocycles. The van der Waals surface area contributed by atoms with Crippen molar-refractivity contribution in [2.45, 2.75) is 18.5 Å². The molecule has 80 valence electrons. The molecule has 0 radical (unpaired) electrons. The molecule has 0 saturated carbocycles. The Morgan fingerprint density at radius 1 is 1.46 bits per heavy atom. The summed E-state index contributed by atoms with van der Waals surface area (Å²) in [7, 11) is 1.77. The lowest BCUT2D eigenvalue weighted by Gasteiger charge is -2.12. The van der Waals surface area contributed by atoms with Gasteiger partial charge in [-0.25, -0.2) is 0 Å². The maximum atomic E-state index is 11.6. The van der Waals surface area contributed by atoms with E-state index in [1.54, 1.807) is 7.05 Å². The summed E-state index contributed by atoms with van der Waals surface area (Å²) in [5.41, 5.74) is -4.14. The molecule has 0 spiro atoms. The molecule has 0 amide bonds. The van der Waals surface area contributed by atoms with Crippen molar-refractivity contribution in [2.75, 3.05) is 26.0 Å². The van der Waals surface area contributed by atoms with Crippen LogP contribution in [-0.4, -0.2) is 37.6 Å². The van der Waals surface area contributed by atoms with E-state index < -0.39 is 5.51 Å². The minimum atomic E-state index is -4.14. The Labute approximate surface area is 80.2 Å². The molecule has 0 fully saturated rings. The van der Waals surface area contributed by atoms with E-state index in [2.05, 4.69) is 5.32 Å². The van der Waals surface area contributed by atoms with E-state index in [1.807, 2.05) is 6.92 Å². The average Bonchev–Trinajstić information content (AvgIpc) is 1.97. The number of halogens is 3. The average molecular weight is 217 g/mol. The van der Waals surface area contributed by atoms with E-state index >= 15 is 0 Å². The first kappa shape index (κ1) is 13.1. The van der Waals surface area contributed by atoms with Crippen molar-refractivity contribution in [1.82, 2.24) is 5.32 Å². The first-order valence-corrected chi connectivity index (χ1v) is 4.91. The fourth-order valence-corrected chi connectivity index (χ4v) is 1.16. The Hall–Kier alpha value is 0.0600. The van der Waals surface area contributed by atoms with E-state index in [4.69, 9.17) is 4.74 Å². The van der Waals surface area contributed by atoms with Crippen molar-refractivity contribution in [3.8, 4) is 0 Å². The molecule has 0 aliphatic heterocycles. The summed E-state index contributed by atoms with van der Waals surface area (Å²) >= 11 is -0.0518. The zero-order valence-electron chi connectivity index (χ0n) is 7.65. The maximum Gasteiger partial charge on any atom is 0.441 e. The first-order chi connectivity index (χ1) is 5.95.